The summed E-state index contributed by atoms with van der Waals surface area (Å²) >= 11 is 3.28. The summed E-state index contributed by atoms with van der Waals surface area (Å²) in [4.78, 5) is 37.4. The van der Waals surface area contributed by atoms with Crippen molar-refractivity contribution in [1.29, 1.82) is 0 Å². The van der Waals surface area contributed by atoms with Crippen LogP contribution in [0.5, 0.6) is 0 Å². The Balaban J connectivity index is 1.21. The molecular weight excluding hydrogens is 454 g/mol. The molecule has 6 rings (SSSR count). The molecule has 33 heavy (non-hydrogen) atoms. The van der Waals surface area contributed by atoms with E-state index in [9.17, 15) is 9.59 Å². The lowest BCUT2D eigenvalue weighted by Crippen LogP contribution is -2.28. The smallest absolute Gasteiger partial charge is 0.310 e. The highest BCUT2D eigenvalue weighted by Gasteiger charge is 2.35. The molecule has 2 aliphatic rings. The highest BCUT2D eigenvalue weighted by Crippen LogP contribution is 2.41. The van der Waals surface area contributed by atoms with Crippen molar-refractivity contribution in [3.63, 3.8) is 0 Å². The van der Waals surface area contributed by atoms with Gasteiger partial charge in [-0.25, -0.2) is 9.97 Å². The molecule has 0 spiro atoms. The van der Waals surface area contributed by atoms with Gasteiger partial charge in [0.05, 0.1) is 26.8 Å². The van der Waals surface area contributed by atoms with Crippen molar-refractivity contribution in [1.82, 2.24) is 14.4 Å². The fraction of sp³-hybridized carbons (Fsp3) is 0.440. The lowest BCUT2D eigenvalue weighted by molar-refractivity contribution is -0.151. The maximum absolute atomic E-state index is 13.1. The summed E-state index contributed by atoms with van der Waals surface area (Å²) in [6.45, 7) is 0.0379. The monoisotopic (exact) mass is 479 g/mol. The number of carbonyl (C=O) groups excluding carboxylic acids is 1. The Hall–Kier alpha value is -2.58. The van der Waals surface area contributed by atoms with E-state index in [1.807, 2.05) is 18.2 Å². The van der Waals surface area contributed by atoms with Gasteiger partial charge in [0, 0.05) is 22.6 Å². The maximum atomic E-state index is 13.1. The number of ether oxygens (including phenoxy) is 1. The molecule has 1 saturated carbocycles. The SMILES string of the molecule is O=C(OCc1cc(=O)n2c3c(sc2n1)CCCC3)[C@@H]1CCCC[C@H]1c1nc2ccccc2s1. The Labute approximate surface area is 199 Å². The molecule has 1 aromatic carbocycles. The number of hydrogen-bond acceptors (Lipinski definition) is 7. The van der Waals surface area contributed by atoms with Gasteiger partial charge in [-0.15, -0.1) is 22.7 Å². The van der Waals surface area contributed by atoms with Crippen molar-refractivity contribution in [2.24, 2.45) is 5.92 Å². The van der Waals surface area contributed by atoms with Crippen LogP contribution in [-0.4, -0.2) is 20.3 Å². The van der Waals surface area contributed by atoms with Gasteiger partial charge in [0.2, 0.25) is 0 Å². The first kappa shape index (κ1) is 21.0. The second-order valence-electron chi connectivity index (χ2n) is 9.01. The summed E-state index contributed by atoms with van der Waals surface area (Å²) < 4.78 is 8.63. The number of nitrogens with zero attached hydrogens (tertiary/aromatic N) is 3. The van der Waals surface area contributed by atoms with E-state index in [1.54, 1.807) is 27.1 Å². The number of fused-ring (bicyclic) bond motifs is 4. The minimum absolute atomic E-state index is 0.0379. The van der Waals surface area contributed by atoms with Gasteiger partial charge in [-0.3, -0.25) is 14.0 Å². The molecule has 3 aromatic heterocycles. The number of esters is 1. The van der Waals surface area contributed by atoms with E-state index in [4.69, 9.17) is 9.72 Å². The molecule has 6 nitrogen and oxygen atoms in total. The molecule has 2 aliphatic carbocycles. The number of para-hydroxylation sites is 1. The lowest BCUT2D eigenvalue weighted by atomic mass is 9.79. The zero-order chi connectivity index (χ0) is 22.4. The first-order valence-electron chi connectivity index (χ1n) is 11.7. The predicted molar refractivity (Wildman–Crippen MR) is 130 cm³/mol. The highest BCUT2D eigenvalue weighted by atomic mass is 32.1. The van der Waals surface area contributed by atoms with Gasteiger partial charge in [0.15, 0.2) is 4.96 Å². The van der Waals surface area contributed by atoms with Gasteiger partial charge in [-0.2, -0.15) is 0 Å². The number of aromatic nitrogens is 3. The number of carbonyl (C=O) groups is 1. The summed E-state index contributed by atoms with van der Waals surface area (Å²) in [5, 5.41) is 1.03. The van der Waals surface area contributed by atoms with Crippen molar-refractivity contribution in [2.45, 2.75) is 63.9 Å². The number of thiazole rings is 2. The normalized spacial score (nSPS) is 20.7. The van der Waals surface area contributed by atoms with E-state index >= 15 is 0 Å². The zero-order valence-corrected chi connectivity index (χ0v) is 19.9. The predicted octanol–water partition coefficient (Wildman–Crippen LogP) is 5.26. The Morgan fingerprint density at radius 3 is 2.82 bits per heavy atom. The van der Waals surface area contributed by atoms with Crippen molar-refractivity contribution < 1.29 is 9.53 Å². The van der Waals surface area contributed by atoms with E-state index in [1.165, 1.54) is 10.9 Å². The van der Waals surface area contributed by atoms with Gasteiger partial charge >= 0.3 is 5.97 Å². The molecule has 170 valence electrons. The van der Waals surface area contributed by atoms with Crippen molar-refractivity contribution in [3.8, 4) is 0 Å². The van der Waals surface area contributed by atoms with Gasteiger partial charge in [0.25, 0.3) is 5.56 Å². The minimum Gasteiger partial charge on any atom is -0.459 e. The molecule has 0 bridgehead atoms. The molecule has 0 radical (unpaired) electrons. The zero-order valence-electron chi connectivity index (χ0n) is 18.3. The van der Waals surface area contributed by atoms with Crippen molar-refractivity contribution in [3.05, 3.63) is 62.0 Å². The van der Waals surface area contributed by atoms with Gasteiger partial charge in [-0.1, -0.05) is 25.0 Å². The summed E-state index contributed by atoms with van der Waals surface area (Å²) in [7, 11) is 0. The molecule has 1 fully saturated rings. The first-order valence-corrected chi connectivity index (χ1v) is 13.4. The van der Waals surface area contributed by atoms with Crippen LogP contribution < -0.4 is 5.56 Å². The Morgan fingerprint density at radius 1 is 1.06 bits per heavy atom. The van der Waals surface area contributed by atoms with E-state index < -0.39 is 0 Å². The third-order valence-corrected chi connectivity index (χ3v) is 9.18. The maximum Gasteiger partial charge on any atom is 0.310 e. The highest BCUT2D eigenvalue weighted by molar-refractivity contribution is 7.18. The number of hydrogen-bond donors (Lipinski definition) is 0. The summed E-state index contributed by atoms with van der Waals surface area (Å²) in [5.41, 5.74) is 2.56. The molecular formula is C25H25N3O3S2. The summed E-state index contributed by atoms with van der Waals surface area (Å²) in [6, 6.07) is 9.64. The fourth-order valence-electron chi connectivity index (χ4n) is 5.22. The third kappa shape index (κ3) is 3.89. The van der Waals surface area contributed by atoms with Crippen LogP contribution in [0.15, 0.2) is 35.1 Å². The van der Waals surface area contributed by atoms with Crippen LogP contribution in [0, 0.1) is 5.92 Å². The van der Waals surface area contributed by atoms with Crippen LogP contribution in [0.1, 0.15) is 65.7 Å². The van der Waals surface area contributed by atoms with E-state index in [0.717, 1.165) is 72.3 Å². The molecule has 0 amide bonds. The van der Waals surface area contributed by atoms with Crippen LogP contribution in [0.25, 0.3) is 15.2 Å². The van der Waals surface area contributed by atoms with Gasteiger partial charge in [0.1, 0.15) is 6.61 Å². The second-order valence-corrected chi connectivity index (χ2v) is 11.1. The molecule has 8 heteroatoms. The minimum atomic E-state index is -0.202. The summed E-state index contributed by atoms with van der Waals surface area (Å²) in [6.07, 6.45) is 8.11. The standard InChI is InChI=1S/C25H25N3O3S2/c29-22-13-15(26-25-28(22)19-10-4-6-12-21(19)33-25)14-31-24(30)17-8-2-1-7-16(17)23-27-18-9-3-5-11-20(18)32-23/h3,5,9,11,13,16-17H,1-2,4,6-8,10,12,14H2/t16-,17-/m1/s1. The summed E-state index contributed by atoms with van der Waals surface area (Å²) in [5.74, 6) is -0.307. The molecule has 0 aliphatic heterocycles. The van der Waals surface area contributed by atoms with E-state index in [-0.39, 0.29) is 30.0 Å². The number of aryl methyl sites for hydroxylation is 2. The molecule has 3 heterocycles. The van der Waals surface area contributed by atoms with E-state index in [0.29, 0.717) is 10.7 Å². The fourth-order valence-corrected chi connectivity index (χ4v) is 7.62. The second kappa shape index (κ2) is 8.65. The molecule has 0 N–H and O–H groups in total. The third-order valence-electron chi connectivity index (χ3n) is 6.87. The number of benzene rings is 1. The average molecular weight is 480 g/mol. The van der Waals surface area contributed by atoms with Crippen LogP contribution in [0.2, 0.25) is 0 Å². The van der Waals surface area contributed by atoms with Crippen LogP contribution >= 0.6 is 22.7 Å². The van der Waals surface area contributed by atoms with Gasteiger partial charge in [-0.05, 0) is 50.7 Å². The van der Waals surface area contributed by atoms with Crippen LogP contribution in [0.3, 0.4) is 0 Å². The van der Waals surface area contributed by atoms with Crippen LogP contribution in [-0.2, 0) is 29.0 Å². The Morgan fingerprint density at radius 2 is 1.91 bits per heavy atom. The van der Waals surface area contributed by atoms with Crippen molar-refractivity contribution in [2.75, 3.05) is 0 Å². The first-order chi connectivity index (χ1) is 16.2. The van der Waals surface area contributed by atoms with Gasteiger partial charge < -0.3 is 4.74 Å². The van der Waals surface area contributed by atoms with E-state index in [2.05, 4.69) is 11.1 Å². The molecule has 4 aromatic rings. The lowest BCUT2D eigenvalue weighted by Gasteiger charge is -2.28. The quantitative estimate of drug-likeness (QED) is 0.373. The van der Waals surface area contributed by atoms with Crippen LogP contribution in [0.4, 0.5) is 0 Å². The van der Waals surface area contributed by atoms with Crippen molar-refractivity contribution >= 4 is 43.8 Å². The largest absolute Gasteiger partial charge is 0.459 e. The molecule has 0 unspecified atom stereocenters. The number of rotatable bonds is 4. The Bertz CT molecular complexity index is 1370. The topological polar surface area (TPSA) is 73.6 Å². The molecule has 0 saturated heterocycles. The average Bonchev–Trinajstić information content (AvgIpc) is 3.44. The Kier molecular flexibility index (Phi) is 5.50. The molecule has 2 atom stereocenters.